The van der Waals surface area contributed by atoms with Gasteiger partial charge in [0.25, 0.3) is 0 Å². The van der Waals surface area contributed by atoms with Gasteiger partial charge in [-0.25, -0.2) is 8.78 Å². The molecule has 2 nitrogen and oxygen atoms in total. The van der Waals surface area contributed by atoms with E-state index in [9.17, 15) is 13.9 Å². The first kappa shape index (κ1) is 13.4. The monoisotopic (exact) mass is 249 g/mol. The fourth-order valence-corrected chi connectivity index (χ4v) is 1.68. The molecule has 90 valence electrons. The molecule has 2 rings (SSSR count). The normalized spacial score (nSPS) is 18.8. The maximum atomic E-state index is 13.3. The van der Waals surface area contributed by atoms with Gasteiger partial charge >= 0.3 is 0 Å². The van der Waals surface area contributed by atoms with Crippen LogP contribution in [0.1, 0.15) is 24.4 Å². The van der Waals surface area contributed by atoms with Crippen LogP contribution in [0.3, 0.4) is 0 Å². The van der Waals surface area contributed by atoms with Crippen LogP contribution in [0.4, 0.5) is 8.78 Å². The lowest BCUT2D eigenvalue weighted by Crippen LogP contribution is -2.28. The van der Waals surface area contributed by atoms with E-state index in [1.54, 1.807) is 0 Å². The van der Waals surface area contributed by atoms with Crippen LogP contribution in [0.2, 0.25) is 0 Å². The first-order chi connectivity index (χ1) is 7.09. The van der Waals surface area contributed by atoms with Crippen molar-refractivity contribution in [2.24, 2.45) is 11.7 Å². The Bertz CT molecular complexity index is 371. The highest BCUT2D eigenvalue weighted by Crippen LogP contribution is 2.37. The third-order valence-corrected chi connectivity index (χ3v) is 2.79. The molecule has 0 bridgehead atoms. The molecule has 1 aliphatic rings. The van der Waals surface area contributed by atoms with Crippen LogP contribution in [0, 0.1) is 17.6 Å². The SMILES string of the molecule is Cl.N[C@@H](c1cc(F)ccc1F)[C@H](O)C1CC1. The summed E-state index contributed by atoms with van der Waals surface area (Å²) in [5.74, 6) is -0.962. The van der Waals surface area contributed by atoms with Gasteiger partial charge in [-0.15, -0.1) is 12.4 Å². The van der Waals surface area contributed by atoms with Crippen LogP contribution in [0.25, 0.3) is 0 Å². The molecule has 1 aromatic carbocycles. The van der Waals surface area contributed by atoms with Gasteiger partial charge < -0.3 is 10.8 Å². The van der Waals surface area contributed by atoms with Gasteiger partial charge in [0.1, 0.15) is 11.6 Å². The molecule has 5 heteroatoms. The summed E-state index contributed by atoms with van der Waals surface area (Å²) < 4.78 is 26.2. The zero-order chi connectivity index (χ0) is 11.0. The molecule has 1 saturated carbocycles. The molecule has 3 N–H and O–H groups in total. The highest BCUT2D eigenvalue weighted by molar-refractivity contribution is 5.85. The first-order valence-corrected chi connectivity index (χ1v) is 4.98. The molecular weight excluding hydrogens is 236 g/mol. The molecule has 1 aliphatic carbocycles. The molecule has 1 aromatic rings. The largest absolute Gasteiger partial charge is 0.391 e. The van der Waals surface area contributed by atoms with E-state index in [0.717, 1.165) is 31.0 Å². The van der Waals surface area contributed by atoms with Crippen LogP contribution < -0.4 is 5.73 Å². The fourth-order valence-electron chi connectivity index (χ4n) is 1.68. The summed E-state index contributed by atoms with van der Waals surface area (Å²) in [6.07, 6.45) is 1.04. The van der Waals surface area contributed by atoms with Crippen LogP contribution in [0.15, 0.2) is 18.2 Å². The molecule has 2 atom stereocenters. The van der Waals surface area contributed by atoms with Crippen molar-refractivity contribution >= 4 is 12.4 Å². The Hall–Kier alpha value is -0.710. The van der Waals surface area contributed by atoms with E-state index in [4.69, 9.17) is 5.73 Å². The van der Waals surface area contributed by atoms with E-state index in [2.05, 4.69) is 0 Å². The Morgan fingerprint density at radius 3 is 2.50 bits per heavy atom. The molecule has 0 aliphatic heterocycles. The number of aliphatic hydroxyl groups excluding tert-OH is 1. The minimum Gasteiger partial charge on any atom is -0.391 e. The topological polar surface area (TPSA) is 46.2 Å². The maximum absolute atomic E-state index is 13.3. The second-order valence-electron chi connectivity index (χ2n) is 4.02. The Morgan fingerprint density at radius 2 is 1.94 bits per heavy atom. The lowest BCUT2D eigenvalue weighted by molar-refractivity contribution is 0.120. The van der Waals surface area contributed by atoms with Gasteiger partial charge in [-0.3, -0.25) is 0 Å². The maximum Gasteiger partial charge on any atom is 0.128 e. The average molecular weight is 250 g/mol. The molecule has 0 saturated heterocycles. The Morgan fingerprint density at radius 1 is 1.31 bits per heavy atom. The summed E-state index contributed by atoms with van der Waals surface area (Å²) in [6.45, 7) is 0. The Kier molecular flexibility index (Phi) is 4.24. The lowest BCUT2D eigenvalue weighted by atomic mass is 9.98. The Balaban J connectivity index is 0.00000128. The van der Waals surface area contributed by atoms with Crippen molar-refractivity contribution in [3.05, 3.63) is 35.4 Å². The van der Waals surface area contributed by atoms with E-state index in [0.29, 0.717) is 0 Å². The molecular formula is C11H14ClF2NO. The van der Waals surface area contributed by atoms with Crippen molar-refractivity contribution in [2.75, 3.05) is 0 Å². The molecule has 0 radical (unpaired) electrons. The van der Waals surface area contributed by atoms with Gasteiger partial charge in [-0.1, -0.05) is 0 Å². The number of rotatable bonds is 3. The minimum atomic E-state index is -0.840. The summed E-state index contributed by atoms with van der Waals surface area (Å²) in [5.41, 5.74) is 5.74. The van der Waals surface area contributed by atoms with Crippen molar-refractivity contribution in [2.45, 2.75) is 25.0 Å². The van der Waals surface area contributed by atoms with Crippen molar-refractivity contribution < 1.29 is 13.9 Å². The van der Waals surface area contributed by atoms with Gasteiger partial charge in [0.15, 0.2) is 0 Å². The Labute approximate surface area is 98.9 Å². The van der Waals surface area contributed by atoms with Gasteiger partial charge in [0.2, 0.25) is 0 Å². The van der Waals surface area contributed by atoms with Gasteiger partial charge in [0.05, 0.1) is 12.1 Å². The third kappa shape index (κ3) is 2.70. The molecule has 0 heterocycles. The van der Waals surface area contributed by atoms with Crippen LogP contribution in [0.5, 0.6) is 0 Å². The second kappa shape index (κ2) is 5.08. The van der Waals surface area contributed by atoms with Crippen LogP contribution >= 0.6 is 12.4 Å². The number of aliphatic hydroxyl groups is 1. The lowest BCUT2D eigenvalue weighted by Gasteiger charge is -2.19. The number of benzene rings is 1. The van der Waals surface area contributed by atoms with Crippen molar-refractivity contribution in [1.29, 1.82) is 0 Å². The number of hydrogen-bond acceptors (Lipinski definition) is 2. The smallest absolute Gasteiger partial charge is 0.128 e. The van der Waals surface area contributed by atoms with Crippen LogP contribution in [-0.2, 0) is 0 Å². The molecule has 1 fully saturated rings. The van der Waals surface area contributed by atoms with Crippen molar-refractivity contribution in [1.82, 2.24) is 0 Å². The van der Waals surface area contributed by atoms with Crippen molar-refractivity contribution in [3.8, 4) is 0 Å². The standard InChI is InChI=1S/C11H13F2NO.ClH/c12-7-3-4-9(13)8(5-7)10(14)11(15)6-1-2-6;/h3-6,10-11,15H,1-2,14H2;1H/t10-,11+;/m0./s1. The zero-order valence-electron chi connectivity index (χ0n) is 8.57. The number of nitrogens with two attached hydrogens (primary N) is 1. The zero-order valence-corrected chi connectivity index (χ0v) is 9.38. The van der Waals surface area contributed by atoms with E-state index in [1.807, 2.05) is 0 Å². The molecule has 0 spiro atoms. The quantitative estimate of drug-likeness (QED) is 0.862. The summed E-state index contributed by atoms with van der Waals surface area (Å²) in [5, 5.41) is 9.71. The van der Waals surface area contributed by atoms with Gasteiger partial charge in [-0.05, 0) is 37.0 Å². The molecule has 0 unspecified atom stereocenters. The van der Waals surface area contributed by atoms with Crippen LogP contribution in [-0.4, -0.2) is 11.2 Å². The summed E-state index contributed by atoms with van der Waals surface area (Å²) >= 11 is 0. The van der Waals surface area contributed by atoms with E-state index in [1.165, 1.54) is 0 Å². The third-order valence-electron chi connectivity index (χ3n) is 2.79. The number of halogens is 3. The van der Waals surface area contributed by atoms with Crippen molar-refractivity contribution in [3.63, 3.8) is 0 Å². The van der Waals surface area contributed by atoms with Gasteiger partial charge in [0, 0.05) is 5.56 Å². The highest BCUT2D eigenvalue weighted by Gasteiger charge is 2.35. The summed E-state index contributed by atoms with van der Waals surface area (Å²) in [7, 11) is 0. The van der Waals surface area contributed by atoms with Gasteiger partial charge in [-0.2, -0.15) is 0 Å². The predicted molar refractivity (Wildman–Crippen MR) is 59.3 cm³/mol. The second-order valence-corrected chi connectivity index (χ2v) is 4.02. The predicted octanol–water partition coefficient (Wildman–Crippen LogP) is 2.16. The molecule has 0 aromatic heterocycles. The van der Waals surface area contributed by atoms with E-state index < -0.39 is 23.8 Å². The van der Waals surface area contributed by atoms with E-state index in [-0.39, 0.29) is 23.9 Å². The van der Waals surface area contributed by atoms with E-state index >= 15 is 0 Å². The fraction of sp³-hybridized carbons (Fsp3) is 0.455. The summed E-state index contributed by atoms with van der Waals surface area (Å²) in [4.78, 5) is 0. The molecule has 16 heavy (non-hydrogen) atoms. The summed E-state index contributed by atoms with van der Waals surface area (Å²) in [6, 6.07) is 2.28. The number of hydrogen-bond donors (Lipinski definition) is 2. The molecule has 0 amide bonds. The average Bonchev–Trinajstić information content (AvgIpc) is 3.03. The minimum absolute atomic E-state index is 0. The first-order valence-electron chi connectivity index (χ1n) is 4.98. The highest BCUT2D eigenvalue weighted by atomic mass is 35.5.